The predicted molar refractivity (Wildman–Crippen MR) is 104 cm³/mol. The molecule has 0 unspecified atom stereocenters. The molecule has 0 aliphatic rings. The average molecular weight is 374 g/mol. The van der Waals surface area contributed by atoms with Gasteiger partial charge in [0.2, 0.25) is 0 Å². The Hall–Kier alpha value is -3.92. The number of nitrogens with zero attached hydrogens (tertiary/aromatic N) is 4. The van der Waals surface area contributed by atoms with Gasteiger partial charge in [0.15, 0.2) is 11.6 Å². The van der Waals surface area contributed by atoms with Crippen molar-refractivity contribution in [2.24, 2.45) is 7.05 Å². The van der Waals surface area contributed by atoms with E-state index in [1.165, 1.54) is 0 Å². The summed E-state index contributed by atoms with van der Waals surface area (Å²) in [7, 11) is 1.81. The highest BCUT2D eigenvalue weighted by Gasteiger charge is 2.14. The Morgan fingerprint density at radius 3 is 2.71 bits per heavy atom. The monoisotopic (exact) mass is 374 g/mol. The standard InChI is InChI=1S/C21H18N4O3/c1-25-20(16-7-3-2-4-8-16)23-24-21(25)17(14-22)12-15-6-5-9-18(13-15)28-11-10-19(26)27/h2-9,12-13H,10-11H2,1H3,(H,26,27)/b17-12-. The molecule has 28 heavy (non-hydrogen) atoms. The van der Waals surface area contributed by atoms with Gasteiger partial charge in [0.1, 0.15) is 11.8 Å². The molecule has 2 aromatic carbocycles. The maximum atomic E-state index is 10.6. The fraction of sp³-hybridized carbons (Fsp3) is 0.143. The number of aliphatic carboxylic acids is 1. The fourth-order valence-electron chi connectivity index (χ4n) is 2.67. The largest absolute Gasteiger partial charge is 0.493 e. The van der Waals surface area contributed by atoms with E-state index in [4.69, 9.17) is 9.84 Å². The lowest BCUT2D eigenvalue weighted by atomic mass is 10.1. The molecule has 0 amide bonds. The summed E-state index contributed by atoms with van der Waals surface area (Å²) in [6, 6.07) is 18.9. The summed E-state index contributed by atoms with van der Waals surface area (Å²) in [6.45, 7) is 0.0807. The molecule has 140 valence electrons. The lowest BCUT2D eigenvalue weighted by molar-refractivity contribution is -0.137. The van der Waals surface area contributed by atoms with Crippen molar-refractivity contribution in [2.45, 2.75) is 6.42 Å². The van der Waals surface area contributed by atoms with Gasteiger partial charge in [-0.2, -0.15) is 5.26 Å². The zero-order chi connectivity index (χ0) is 19.9. The second-order valence-corrected chi connectivity index (χ2v) is 6.01. The molecular weight excluding hydrogens is 356 g/mol. The summed E-state index contributed by atoms with van der Waals surface area (Å²) in [5.74, 6) is 0.746. The van der Waals surface area contributed by atoms with Gasteiger partial charge in [-0.3, -0.25) is 4.79 Å². The smallest absolute Gasteiger partial charge is 0.306 e. The number of hydrogen-bond acceptors (Lipinski definition) is 5. The van der Waals surface area contributed by atoms with E-state index in [2.05, 4.69) is 16.3 Å². The molecule has 0 saturated carbocycles. The third kappa shape index (κ3) is 4.43. The van der Waals surface area contributed by atoms with Crippen LogP contribution < -0.4 is 4.74 Å². The second kappa shape index (κ2) is 8.64. The molecule has 0 atom stereocenters. The van der Waals surface area contributed by atoms with Crippen molar-refractivity contribution in [1.29, 1.82) is 5.26 Å². The Bertz CT molecular complexity index is 1050. The Balaban J connectivity index is 1.86. The van der Waals surface area contributed by atoms with E-state index in [1.807, 2.05) is 43.4 Å². The van der Waals surface area contributed by atoms with Gasteiger partial charge in [-0.15, -0.1) is 10.2 Å². The molecule has 3 aromatic rings. The SMILES string of the molecule is Cn1c(/C(C#N)=C\c2cccc(OCCC(=O)O)c2)nnc1-c1ccccc1. The summed E-state index contributed by atoms with van der Waals surface area (Å²) >= 11 is 0. The number of rotatable bonds is 7. The first-order valence-corrected chi connectivity index (χ1v) is 8.60. The van der Waals surface area contributed by atoms with E-state index in [-0.39, 0.29) is 13.0 Å². The van der Waals surface area contributed by atoms with E-state index in [0.29, 0.717) is 23.0 Å². The van der Waals surface area contributed by atoms with Crippen molar-refractivity contribution < 1.29 is 14.6 Å². The molecule has 0 aliphatic heterocycles. The van der Waals surface area contributed by atoms with Gasteiger partial charge in [-0.05, 0) is 23.8 Å². The van der Waals surface area contributed by atoms with E-state index >= 15 is 0 Å². The van der Waals surface area contributed by atoms with Crippen LogP contribution in [0.1, 0.15) is 17.8 Å². The first-order valence-electron chi connectivity index (χ1n) is 8.60. The molecule has 0 aliphatic carbocycles. The number of allylic oxidation sites excluding steroid dienone is 1. The zero-order valence-electron chi connectivity index (χ0n) is 15.2. The molecule has 7 nitrogen and oxygen atoms in total. The highest BCUT2D eigenvalue weighted by molar-refractivity contribution is 5.87. The Labute approximate surface area is 162 Å². The summed E-state index contributed by atoms with van der Waals surface area (Å²) in [5, 5.41) is 26.7. The van der Waals surface area contributed by atoms with Crippen LogP contribution in [-0.2, 0) is 11.8 Å². The highest BCUT2D eigenvalue weighted by atomic mass is 16.5. The molecule has 1 heterocycles. The first kappa shape index (κ1) is 18.9. The van der Waals surface area contributed by atoms with Crippen molar-refractivity contribution in [1.82, 2.24) is 14.8 Å². The van der Waals surface area contributed by atoms with Crippen LogP contribution in [-0.4, -0.2) is 32.4 Å². The van der Waals surface area contributed by atoms with E-state index in [1.54, 1.807) is 28.8 Å². The number of ether oxygens (including phenoxy) is 1. The van der Waals surface area contributed by atoms with Crippen LogP contribution in [0.3, 0.4) is 0 Å². The lowest BCUT2D eigenvalue weighted by Gasteiger charge is -2.06. The van der Waals surface area contributed by atoms with Crippen molar-refractivity contribution in [3.63, 3.8) is 0 Å². The minimum Gasteiger partial charge on any atom is -0.493 e. The highest BCUT2D eigenvalue weighted by Crippen LogP contribution is 2.23. The molecule has 0 bridgehead atoms. The normalized spacial score (nSPS) is 11.1. The van der Waals surface area contributed by atoms with Gasteiger partial charge in [0, 0.05) is 12.6 Å². The number of carboxylic acids is 1. The van der Waals surface area contributed by atoms with Crippen molar-refractivity contribution in [3.8, 4) is 23.2 Å². The Morgan fingerprint density at radius 2 is 2.00 bits per heavy atom. The molecule has 7 heteroatoms. The van der Waals surface area contributed by atoms with E-state index in [0.717, 1.165) is 11.1 Å². The fourth-order valence-corrected chi connectivity index (χ4v) is 2.67. The van der Waals surface area contributed by atoms with Crippen LogP contribution >= 0.6 is 0 Å². The minimum atomic E-state index is -0.917. The number of carboxylic acid groups (broad SMARTS) is 1. The topological polar surface area (TPSA) is 101 Å². The number of benzene rings is 2. The van der Waals surface area contributed by atoms with Crippen LogP contribution in [0.15, 0.2) is 54.6 Å². The zero-order valence-corrected chi connectivity index (χ0v) is 15.2. The van der Waals surface area contributed by atoms with Gasteiger partial charge in [-0.1, -0.05) is 42.5 Å². The van der Waals surface area contributed by atoms with Crippen LogP contribution in [0.4, 0.5) is 0 Å². The first-order chi connectivity index (χ1) is 13.6. The third-order valence-electron chi connectivity index (χ3n) is 4.02. The molecule has 0 fully saturated rings. The van der Waals surface area contributed by atoms with Gasteiger partial charge < -0.3 is 14.4 Å². The summed E-state index contributed by atoms with van der Waals surface area (Å²) in [6.07, 6.45) is 1.62. The number of aromatic nitrogens is 3. The van der Waals surface area contributed by atoms with Crippen LogP contribution in [0, 0.1) is 11.3 Å². The molecule has 0 spiro atoms. The van der Waals surface area contributed by atoms with Gasteiger partial charge >= 0.3 is 5.97 Å². The third-order valence-corrected chi connectivity index (χ3v) is 4.02. The lowest BCUT2D eigenvalue weighted by Crippen LogP contribution is -2.04. The predicted octanol–water partition coefficient (Wildman–Crippen LogP) is 3.40. The van der Waals surface area contributed by atoms with Gasteiger partial charge in [-0.25, -0.2) is 0 Å². The van der Waals surface area contributed by atoms with Crippen LogP contribution in [0.5, 0.6) is 5.75 Å². The molecule has 0 radical (unpaired) electrons. The van der Waals surface area contributed by atoms with Gasteiger partial charge in [0.25, 0.3) is 0 Å². The number of hydrogen-bond donors (Lipinski definition) is 1. The van der Waals surface area contributed by atoms with Crippen LogP contribution in [0.2, 0.25) is 0 Å². The van der Waals surface area contributed by atoms with Crippen molar-refractivity contribution >= 4 is 17.6 Å². The minimum absolute atomic E-state index is 0.0787. The van der Waals surface area contributed by atoms with Crippen molar-refractivity contribution in [3.05, 3.63) is 66.0 Å². The van der Waals surface area contributed by atoms with Crippen LogP contribution in [0.25, 0.3) is 23.0 Å². The quantitative estimate of drug-likeness (QED) is 0.636. The van der Waals surface area contributed by atoms with E-state index in [9.17, 15) is 10.1 Å². The Morgan fingerprint density at radius 1 is 1.21 bits per heavy atom. The molecule has 0 saturated heterocycles. The van der Waals surface area contributed by atoms with Crippen molar-refractivity contribution in [2.75, 3.05) is 6.61 Å². The molecule has 1 aromatic heterocycles. The number of nitriles is 1. The summed E-state index contributed by atoms with van der Waals surface area (Å²) in [5.41, 5.74) is 2.02. The molecule has 3 rings (SSSR count). The van der Waals surface area contributed by atoms with E-state index < -0.39 is 5.97 Å². The second-order valence-electron chi connectivity index (χ2n) is 6.01. The number of carbonyl (C=O) groups is 1. The maximum Gasteiger partial charge on any atom is 0.306 e. The molecule has 1 N–H and O–H groups in total. The molecular formula is C21H18N4O3. The van der Waals surface area contributed by atoms with Gasteiger partial charge in [0.05, 0.1) is 18.6 Å². The maximum absolute atomic E-state index is 10.6. The summed E-state index contributed by atoms with van der Waals surface area (Å²) < 4.78 is 7.21. The Kier molecular flexibility index (Phi) is 5.82. The average Bonchev–Trinajstić information content (AvgIpc) is 3.08. The summed E-state index contributed by atoms with van der Waals surface area (Å²) in [4.78, 5) is 10.6.